The lowest BCUT2D eigenvalue weighted by molar-refractivity contribution is -0.138. The molecule has 1 aromatic heterocycles. The maximum Gasteiger partial charge on any atom is 0.417 e. The van der Waals surface area contributed by atoms with E-state index in [0.29, 0.717) is 38.3 Å². The molecule has 0 saturated carbocycles. The highest BCUT2D eigenvalue weighted by Crippen LogP contribution is 2.32. The number of ether oxygens (including phenoxy) is 1. The van der Waals surface area contributed by atoms with Crippen LogP contribution in [0, 0.1) is 5.82 Å². The van der Waals surface area contributed by atoms with Crippen LogP contribution >= 0.6 is 0 Å². The molecule has 8 nitrogen and oxygen atoms in total. The van der Waals surface area contributed by atoms with Crippen molar-refractivity contribution in [2.24, 2.45) is 0 Å². The molecule has 0 bridgehead atoms. The molecule has 1 fully saturated rings. The van der Waals surface area contributed by atoms with Gasteiger partial charge in [0.05, 0.1) is 11.1 Å². The van der Waals surface area contributed by atoms with E-state index in [2.05, 4.69) is 15.5 Å². The molecule has 200 valence electrons. The van der Waals surface area contributed by atoms with Gasteiger partial charge in [0.25, 0.3) is 5.91 Å². The zero-order valence-corrected chi connectivity index (χ0v) is 20.2. The van der Waals surface area contributed by atoms with Crippen molar-refractivity contribution < 1.29 is 31.9 Å². The predicted molar refractivity (Wildman–Crippen MR) is 130 cm³/mol. The first-order valence-electron chi connectivity index (χ1n) is 11.9. The number of hydrogen-bond donors (Lipinski definition) is 1. The highest BCUT2D eigenvalue weighted by molar-refractivity contribution is 5.96. The summed E-state index contributed by atoms with van der Waals surface area (Å²) in [5, 5.41) is 10.6. The van der Waals surface area contributed by atoms with Gasteiger partial charge in [-0.3, -0.25) is 4.79 Å². The minimum Gasteiger partial charge on any atom is -0.390 e. The van der Waals surface area contributed by atoms with Gasteiger partial charge in [0.1, 0.15) is 5.82 Å². The van der Waals surface area contributed by atoms with Crippen molar-refractivity contribution in [3.63, 3.8) is 0 Å². The molecule has 1 aliphatic heterocycles. The lowest BCUT2D eigenvalue weighted by Gasteiger charge is -2.35. The van der Waals surface area contributed by atoms with Gasteiger partial charge in [-0.05, 0) is 48.7 Å². The largest absolute Gasteiger partial charge is 0.417 e. The second-order valence-electron chi connectivity index (χ2n) is 8.60. The number of nitrogens with one attached hydrogen (secondary N) is 1. The minimum atomic E-state index is -4.62. The molecule has 0 atom stereocenters. The molecule has 0 spiro atoms. The fraction of sp³-hybridized carbons (Fsp3) is 0.308. The van der Waals surface area contributed by atoms with E-state index in [1.807, 2.05) is 4.90 Å². The van der Waals surface area contributed by atoms with E-state index < -0.39 is 23.7 Å². The van der Waals surface area contributed by atoms with Crippen LogP contribution < -0.4 is 15.0 Å². The Balaban J connectivity index is 1.22. The van der Waals surface area contributed by atoms with Crippen molar-refractivity contribution >= 4 is 17.8 Å². The van der Waals surface area contributed by atoms with Gasteiger partial charge in [0.2, 0.25) is 5.88 Å². The average Bonchev–Trinajstić information content (AvgIpc) is 2.92. The molecule has 0 unspecified atom stereocenters. The highest BCUT2D eigenvalue weighted by atomic mass is 19.4. The molecule has 3 aromatic rings. The van der Waals surface area contributed by atoms with Crippen LogP contribution in [0.3, 0.4) is 0 Å². The number of rotatable bonds is 7. The van der Waals surface area contributed by atoms with Crippen molar-refractivity contribution in [1.29, 1.82) is 0 Å². The fourth-order valence-electron chi connectivity index (χ4n) is 4.03. The molecule has 1 aliphatic rings. The number of anilines is 1. The SMILES string of the molecule is O=C(NCCCc1ccc(F)cc1)Oc1ccc(N2CCN(C(=O)c3ccccc3C(F)(F)F)CC2)nn1. The van der Waals surface area contributed by atoms with Crippen LogP contribution in [0.1, 0.15) is 27.9 Å². The molecule has 38 heavy (non-hydrogen) atoms. The smallest absolute Gasteiger partial charge is 0.390 e. The number of nitrogens with zero attached hydrogens (tertiary/aromatic N) is 4. The molecule has 0 aliphatic carbocycles. The van der Waals surface area contributed by atoms with E-state index >= 15 is 0 Å². The first-order chi connectivity index (χ1) is 18.2. The van der Waals surface area contributed by atoms with Crippen LogP contribution in [0.15, 0.2) is 60.7 Å². The zero-order valence-electron chi connectivity index (χ0n) is 20.2. The maximum absolute atomic E-state index is 13.3. The Morgan fingerprint density at radius 1 is 0.921 bits per heavy atom. The van der Waals surface area contributed by atoms with Crippen LogP contribution in [0.25, 0.3) is 0 Å². The number of hydrogen-bond acceptors (Lipinski definition) is 6. The van der Waals surface area contributed by atoms with Crippen molar-refractivity contribution in [3.05, 3.63) is 83.2 Å². The van der Waals surface area contributed by atoms with Crippen LogP contribution in [-0.2, 0) is 12.6 Å². The lowest BCUT2D eigenvalue weighted by atomic mass is 10.1. The quantitative estimate of drug-likeness (QED) is 0.361. The molecule has 2 amide bonds. The number of halogens is 4. The summed E-state index contributed by atoms with van der Waals surface area (Å²) < 4.78 is 57.9. The highest BCUT2D eigenvalue weighted by Gasteiger charge is 2.36. The standard InChI is InChI=1S/C26H25F4N5O3/c27-19-9-7-18(8-10-19)4-3-13-31-25(37)38-23-12-11-22(32-33-23)34-14-16-35(17-15-34)24(36)20-5-1-2-6-21(20)26(28,29)30/h1-2,5-12H,3-4,13-17H2,(H,31,37). The minimum absolute atomic E-state index is 0.00218. The second-order valence-corrected chi connectivity index (χ2v) is 8.60. The summed E-state index contributed by atoms with van der Waals surface area (Å²) >= 11 is 0. The van der Waals surface area contributed by atoms with Crippen LogP contribution in [0.4, 0.5) is 28.2 Å². The molecule has 4 rings (SSSR count). The Hall–Kier alpha value is -4.22. The van der Waals surface area contributed by atoms with E-state index in [0.717, 1.165) is 11.6 Å². The van der Waals surface area contributed by atoms with Crippen molar-refractivity contribution in [2.75, 3.05) is 37.6 Å². The first kappa shape index (κ1) is 26.8. The molecule has 1 saturated heterocycles. The predicted octanol–water partition coefficient (Wildman–Crippen LogP) is 4.32. The fourth-order valence-corrected chi connectivity index (χ4v) is 4.03. The van der Waals surface area contributed by atoms with Gasteiger partial charge >= 0.3 is 12.3 Å². The Bertz CT molecular complexity index is 1240. The normalized spacial score (nSPS) is 13.8. The van der Waals surface area contributed by atoms with E-state index in [-0.39, 0.29) is 30.4 Å². The third-order valence-corrected chi connectivity index (χ3v) is 6.00. The molecule has 2 heterocycles. The van der Waals surface area contributed by atoms with Crippen LogP contribution in [-0.4, -0.2) is 59.8 Å². The number of piperazine rings is 1. The topological polar surface area (TPSA) is 87.7 Å². The summed E-state index contributed by atoms with van der Waals surface area (Å²) in [7, 11) is 0. The Kier molecular flexibility index (Phi) is 8.39. The molecule has 2 aromatic carbocycles. The van der Waals surface area contributed by atoms with Crippen LogP contribution in [0.2, 0.25) is 0 Å². The first-order valence-corrected chi connectivity index (χ1v) is 11.9. The lowest BCUT2D eigenvalue weighted by Crippen LogP contribution is -2.49. The van der Waals surface area contributed by atoms with Gasteiger partial charge in [-0.1, -0.05) is 24.3 Å². The number of amides is 2. The van der Waals surface area contributed by atoms with E-state index in [4.69, 9.17) is 4.74 Å². The number of aryl methyl sites for hydroxylation is 1. The summed E-state index contributed by atoms with van der Waals surface area (Å²) in [4.78, 5) is 28.0. The molecular weight excluding hydrogens is 506 g/mol. The van der Waals surface area contributed by atoms with Gasteiger partial charge < -0.3 is 19.9 Å². The summed E-state index contributed by atoms with van der Waals surface area (Å²) in [5.74, 6) is -0.482. The molecular formula is C26H25F4N5O3. The monoisotopic (exact) mass is 531 g/mol. The molecule has 0 radical (unpaired) electrons. The van der Waals surface area contributed by atoms with Gasteiger partial charge in [0.15, 0.2) is 5.82 Å². The van der Waals surface area contributed by atoms with Crippen LogP contribution in [0.5, 0.6) is 5.88 Å². The van der Waals surface area contributed by atoms with Gasteiger partial charge in [0, 0.05) is 38.8 Å². The van der Waals surface area contributed by atoms with Crippen molar-refractivity contribution in [3.8, 4) is 5.88 Å². The number of aromatic nitrogens is 2. The van der Waals surface area contributed by atoms with E-state index in [1.54, 1.807) is 18.2 Å². The number of benzene rings is 2. The number of alkyl halides is 3. The summed E-state index contributed by atoms with van der Waals surface area (Å²) in [6.45, 7) is 1.49. The molecule has 12 heteroatoms. The summed E-state index contributed by atoms with van der Waals surface area (Å²) in [5.41, 5.74) is -0.367. The van der Waals surface area contributed by atoms with Gasteiger partial charge in [-0.25, -0.2) is 9.18 Å². The Morgan fingerprint density at radius 3 is 2.29 bits per heavy atom. The van der Waals surface area contributed by atoms with Gasteiger partial charge in [-0.15, -0.1) is 10.2 Å². The third kappa shape index (κ3) is 6.96. The second kappa shape index (κ2) is 11.9. The zero-order chi connectivity index (χ0) is 27.1. The third-order valence-electron chi connectivity index (χ3n) is 6.00. The summed E-state index contributed by atoms with van der Waals surface area (Å²) in [6, 6.07) is 14.0. The van der Waals surface area contributed by atoms with Gasteiger partial charge in [-0.2, -0.15) is 13.2 Å². The average molecular weight is 532 g/mol. The van der Waals surface area contributed by atoms with Crippen molar-refractivity contribution in [1.82, 2.24) is 20.4 Å². The summed E-state index contributed by atoms with van der Waals surface area (Å²) in [6.07, 6.45) is -3.99. The maximum atomic E-state index is 13.3. The van der Waals surface area contributed by atoms with E-state index in [1.165, 1.54) is 41.3 Å². The van der Waals surface area contributed by atoms with Crippen molar-refractivity contribution in [2.45, 2.75) is 19.0 Å². The molecule has 1 N–H and O–H groups in total. The Labute approximate surface area is 216 Å². The van der Waals surface area contributed by atoms with E-state index in [9.17, 15) is 27.2 Å². The number of carbonyl (C=O) groups is 2. The number of carbonyl (C=O) groups excluding carboxylic acids is 2. The Morgan fingerprint density at radius 2 is 1.63 bits per heavy atom.